The molecule has 1 heterocycles. The molecular weight excluding hydrogens is 210 g/mol. The maximum atomic E-state index is 8.81. The molecule has 0 saturated heterocycles. The maximum Gasteiger partial charge on any atom is 0.0699 e. The molecule has 0 fully saturated rings. The lowest BCUT2D eigenvalue weighted by atomic mass is 10.1. The zero-order valence-corrected chi connectivity index (χ0v) is 12.7. The van der Waals surface area contributed by atoms with Crippen LogP contribution in [0.2, 0.25) is 0 Å². The van der Waals surface area contributed by atoms with E-state index in [1.165, 1.54) is 12.0 Å². The minimum Gasteiger partial charge on any atom is -0.392 e. The molecule has 1 aromatic heterocycles. The van der Waals surface area contributed by atoms with Crippen molar-refractivity contribution in [2.45, 2.75) is 67.9 Å². The van der Waals surface area contributed by atoms with Gasteiger partial charge in [0.25, 0.3) is 0 Å². The average Bonchev–Trinajstić information content (AvgIpc) is 2.44. The summed E-state index contributed by atoms with van der Waals surface area (Å²) in [6.07, 6.45) is 5.66. The van der Waals surface area contributed by atoms with E-state index in [1.807, 2.05) is 33.8 Å². The smallest absolute Gasteiger partial charge is 0.0699 e. The van der Waals surface area contributed by atoms with Crippen molar-refractivity contribution in [2.75, 3.05) is 0 Å². The number of aromatic nitrogens is 1. The first-order valence-corrected chi connectivity index (χ1v) is 6.82. The summed E-state index contributed by atoms with van der Waals surface area (Å²) in [6.45, 7) is 14.4. The third kappa shape index (κ3) is 13.0. The van der Waals surface area contributed by atoms with Gasteiger partial charge >= 0.3 is 0 Å². The molecule has 0 aliphatic heterocycles. The monoisotopic (exact) mass is 241 g/mol. The second kappa shape index (κ2) is 20.5. The SMILES string of the molecule is CC.CC.CCC.CCc1ccncc1CO. The summed E-state index contributed by atoms with van der Waals surface area (Å²) in [5.74, 6) is 0. The van der Waals surface area contributed by atoms with Crippen LogP contribution >= 0.6 is 0 Å². The molecule has 0 spiro atoms. The first-order chi connectivity index (χ1) is 8.29. The van der Waals surface area contributed by atoms with Crippen molar-refractivity contribution >= 4 is 0 Å². The van der Waals surface area contributed by atoms with E-state index in [9.17, 15) is 0 Å². The minimum absolute atomic E-state index is 0.0943. The Labute approximate surface area is 108 Å². The van der Waals surface area contributed by atoms with Crippen LogP contribution in [0.1, 0.15) is 66.0 Å². The number of rotatable bonds is 2. The summed E-state index contributed by atoms with van der Waals surface area (Å²) in [6, 6.07) is 1.94. The number of hydrogen-bond donors (Lipinski definition) is 1. The van der Waals surface area contributed by atoms with Crippen molar-refractivity contribution in [1.82, 2.24) is 4.98 Å². The van der Waals surface area contributed by atoms with Crippen LogP contribution in [0.3, 0.4) is 0 Å². The highest BCUT2D eigenvalue weighted by molar-refractivity contribution is 5.21. The molecule has 2 nitrogen and oxygen atoms in total. The van der Waals surface area contributed by atoms with Gasteiger partial charge in [0.15, 0.2) is 0 Å². The van der Waals surface area contributed by atoms with Crippen LogP contribution in [-0.4, -0.2) is 10.1 Å². The lowest BCUT2D eigenvalue weighted by molar-refractivity contribution is 0.280. The fourth-order valence-corrected chi connectivity index (χ4v) is 0.943. The van der Waals surface area contributed by atoms with Gasteiger partial charge in [-0.1, -0.05) is 54.9 Å². The topological polar surface area (TPSA) is 33.1 Å². The Morgan fingerprint density at radius 2 is 1.47 bits per heavy atom. The second-order valence-electron chi connectivity index (χ2n) is 2.86. The highest BCUT2D eigenvalue weighted by atomic mass is 16.3. The van der Waals surface area contributed by atoms with Gasteiger partial charge in [-0.25, -0.2) is 0 Å². The van der Waals surface area contributed by atoms with Gasteiger partial charge in [-0.15, -0.1) is 0 Å². The zero-order chi connectivity index (χ0) is 14.1. The van der Waals surface area contributed by atoms with Crippen molar-refractivity contribution < 1.29 is 5.11 Å². The van der Waals surface area contributed by atoms with E-state index in [0.717, 1.165) is 12.0 Å². The van der Waals surface area contributed by atoms with Crippen LogP contribution in [0, 0.1) is 0 Å². The summed E-state index contributed by atoms with van der Waals surface area (Å²) < 4.78 is 0. The van der Waals surface area contributed by atoms with E-state index in [2.05, 4.69) is 25.8 Å². The Morgan fingerprint density at radius 1 is 1.00 bits per heavy atom. The van der Waals surface area contributed by atoms with Gasteiger partial charge in [-0.3, -0.25) is 4.98 Å². The van der Waals surface area contributed by atoms with Crippen LogP contribution < -0.4 is 0 Å². The molecule has 0 saturated carbocycles. The Bertz CT molecular complexity index is 201. The van der Waals surface area contributed by atoms with Gasteiger partial charge in [-0.05, 0) is 23.6 Å². The standard InChI is InChI=1S/C8H11NO.C3H8.2C2H6/c1-2-7-3-4-9-5-8(7)6-10;1-3-2;2*1-2/h3-5,10H,2,6H2,1H3;3H2,1-2H3;2*1-2H3. The Kier molecular flexibility index (Phi) is 25.8. The normalized spacial score (nSPS) is 7.53. The van der Waals surface area contributed by atoms with Crippen LogP contribution in [0.15, 0.2) is 18.5 Å². The van der Waals surface area contributed by atoms with E-state index in [0.29, 0.717) is 0 Å². The molecule has 102 valence electrons. The molecule has 1 rings (SSSR count). The predicted molar refractivity (Wildman–Crippen MR) is 78.2 cm³/mol. The molecule has 0 atom stereocenters. The maximum absolute atomic E-state index is 8.81. The number of aliphatic hydroxyl groups is 1. The van der Waals surface area contributed by atoms with Gasteiger partial charge in [0, 0.05) is 12.4 Å². The van der Waals surface area contributed by atoms with Crippen LogP contribution in [0.4, 0.5) is 0 Å². The first kappa shape index (κ1) is 21.4. The summed E-state index contributed by atoms with van der Waals surface area (Å²) in [4.78, 5) is 3.90. The second-order valence-corrected chi connectivity index (χ2v) is 2.86. The molecular formula is C15H31NO. The number of aryl methyl sites for hydroxylation is 1. The quantitative estimate of drug-likeness (QED) is 0.820. The van der Waals surface area contributed by atoms with E-state index in [4.69, 9.17) is 5.11 Å². The van der Waals surface area contributed by atoms with E-state index in [1.54, 1.807) is 12.4 Å². The fraction of sp³-hybridized carbons (Fsp3) is 0.667. The molecule has 0 aliphatic rings. The Hall–Kier alpha value is -0.890. The van der Waals surface area contributed by atoms with Crippen molar-refractivity contribution in [3.63, 3.8) is 0 Å². The van der Waals surface area contributed by atoms with Crippen LogP contribution in [-0.2, 0) is 13.0 Å². The van der Waals surface area contributed by atoms with Crippen LogP contribution in [0.5, 0.6) is 0 Å². The summed E-state index contributed by atoms with van der Waals surface area (Å²) in [5, 5.41) is 8.81. The van der Waals surface area contributed by atoms with E-state index in [-0.39, 0.29) is 6.61 Å². The number of pyridine rings is 1. The molecule has 0 unspecified atom stereocenters. The van der Waals surface area contributed by atoms with Crippen molar-refractivity contribution in [1.29, 1.82) is 0 Å². The van der Waals surface area contributed by atoms with Crippen molar-refractivity contribution in [3.8, 4) is 0 Å². The van der Waals surface area contributed by atoms with Gasteiger partial charge in [0.2, 0.25) is 0 Å². The summed E-state index contributed by atoms with van der Waals surface area (Å²) in [7, 11) is 0. The summed E-state index contributed by atoms with van der Waals surface area (Å²) >= 11 is 0. The van der Waals surface area contributed by atoms with Crippen molar-refractivity contribution in [2.24, 2.45) is 0 Å². The fourth-order valence-electron chi connectivity index (χ4n) is 0.943. The largest absolute Gasteiger partial charge is 0.392 e. The number of nitrogens with zero attached hydrogens (tertiary/aromatic N) is 1. The first-order valence-electron chi connectivity index (χ1n) is 6.82. The van der Waals surface area contributed by atoms with E-state index >= 15 is 0 Å². The summed E-state index contributed by atoms with van der Waals surface area (Å²) in [5.41, 5.74) is 2.11. The third-order valence-corrected chi connectivity index (χ3v) is 1.56. The highest BCUT2D eigenvalue weighted by Crippen LogP contribution is 2.06. The van der Waals surface area contributed by atoms with E-state index < -0.39 is 0 Å². The Morgan fingerprint density at radius 3 is 1.76 bits per heavy atom. The molecule has 0 aromatic carbocycles. The molecule has 2 heteroatoms. The minimum atomic E-state index is 0.0943. The van der Waals surface area contributed by atoms with Gasteiger partial charge in [0.1, 0.15) is 0 Å². The molecule has 1 N–H and O–H groups in total. The molecule has 0 aliphatic carbocycles. The Balaban J connectivity index is -0.000000239. The van der Waals surface area contributed by atoms with Gasteiger partial charge < -0.3 is 5.11 Å². The predicted octanol–water partition coefficient (Wildman–Crippen LogP) is 4.61. The molecule has 0 radical (unpaired) electrons. The van der Waals surface area contributed by atoms with Crippen molar-refractivity contribution in [3.05, 3.63) is 29.6 Å². The molecule has 0 amide bonds. The zero-order valence-electron chi connectivity index (χ0n) is 12.7. The molecule has 17 heavy (non-hydrogen) atoms. The highest BCUT2D eigenvalue weighted by Gasteiger charge is 1.95. The van der Waals surface area contributed by atoms with Crippen LogP contribution in [0.25, 0.3) is 0 Å². The number of hydrogen-bond acceptors (Lipinski definition) is 2. The molecule has 1 aromatic rings. The third-order valence-electron chi connectivity index (χ3n) is 1.56. The van der Waals surface area contributed by atoms with Gasteiger partial charge in [0.05, 0.1) is 6.61 Å². The lowest BCUT2D eigenvalue weighted by Crippen LogP contribution is -1.92. The lowest BCUT2D eigenvalue weighted by Gasteiger charge is -2.01. The molecule has 0 bridgehead atoms. The average molecular weight is 241 g/mol. The van der Waals surface area contributed by atoms with Gasteiger partial charge in [-0.2, -0.15) is 0 Å². The number of aliphatic hydroxyl groups excluding tert-OH is 1.